The van der Waals surface area contributed by atoms with Gasteiger partial charge in [-0.25, -0.2) is 9.79 Å². The Hall–Kier alpha value is -5.20. The number of rotatable bonds is 9. The summed E-state index contributed by atoms with van der Waals surface area (Å²) in [6, 6.07) is 9.85. The molecule has 13 nitrogen and oxygen atoms in total. The summed E-state index contributed by atoms with van der Waals surface area (Å²) in [5.74, 6) is -0.288. The summed E-state index contributed by atoms with van der Waals surface area (Å²) in [5, 5.41) is 12.3. The molecule has 5 rings (SSSR count). The van der Waals surface area contributed by atoms with Crippen molar-refractivity contribution in [2.75, 3.05) is 20.3 Å². The van der Waals surface area contributed by atoms with Gasteiger partial charge in [-0.15, -0.1) is 10.2 Å². The molecule has 3 heterocycles. The fourth-order valence-electron chi connectivity index (χ4n) is 5.46. The SMILES string of the molecule is CCOc1cc2c(cc1OC)-c1cc(=Nc3c(C)cc(C)cc3C)n(CCNC(=O)c3n[nH]nc3C(N)=O)c(=O)n1CC2. The minimum atomic E-state index is -0.878. The van der Waals surface area contributed by atoms with E-state index in [4.69, 9.17) is 20.2 Å². The molecule has 0 atom stereocenters. The lowest BCUT2D eigenvalue weighted by Gasteiger charge is -2.25. The summed E-state index contributed by atoms with van der Waals surface area (Å²) in [7, 11) is 1.59. The second kappa shape index (κ2) is 12.0. The molecular formula is C30H34N8O5. The molecule has 0 spiro atoms. The van der Waals surface area contributed by atoms with Gasteiger partial charge in [-0.3, -0.25) is 18.7 Å². The van der Waals surface area contributed by atoms with Crippen LogP contribution in [-0.4, -0.2) is 56.6 Å². The third-order valence-corrected chi connectivity index (χ3v) is 7.34. The first-order valence-electron chi connectivity index (χ1n) is 13.9. The number of primary amides is 1. The van der Waals surface area contributed by atoms with E-state index in [1.165, 1.54) is 4.57 Å². The molecule has 1 aliphatic heterocycles. The van der Waals surface area contributed by atoms with Crippen LogP contribution >= 0.6 is 0 Å². The van der Waals surface area contributed by atoms with Crippen molar-refractivity contribution in [3.05, 3.63) is 79.9 Å². The number of hydrogen-bond acceptors (Lipinski definition) is 8. The maximum Gasteiger partial charge on any atom is 0.330 e. The van der Waals surface area contributed by atoms with Crippen molar-refractivity contribution in [2.45, 2.75) is 47.2 Å². The van der Waals surface area contributed by atoms with Crippen LogP contribution in [0, 0.1) is 20.8 Å². The number of methoxy groups -OCH3 is 1. The van der Waals surface area contributed by atoms with Crippen LogP contribution < -0.4 is 31.7 Å². The number of fused-ring (bicyclic) bond motifs is 3. The van der Waals surface area contributed by atoms with Crippen LogP contribution in [-0.2, 0) is 19.5 Å². The first kappa shape index (κ1) is 29.3. The van der Waals surface area contributed by atoms with Crippen molar-refractivity contribution in [3.63, 3.8) is 0 Å². The van der Waals surface area contributed by atoms with Crippen LogP contribution in [0.15, 0.2) is 40.1 Å². The highest BCUT2D eigenvalue weighted by molar-refractivity contribution is 6.03. The predicted molar refractivity (Wildman–Crippen MR) is 159 cm³/mol. The van der Waals surface area contributed by atoms with Crippen molar-refractivity contribution < 1.29 is 19.1 Å². The van der Waals surface area contributed by atoms with E-state index in [0.29, 0.717) is 42.3 Å². The van der Waals surface area contributed by atoms with Gasteiger partial charge < -0.3 is 20.5 Å². The number of aryl methyl sites for hydroxylation is 4. The van der Waals surface area contributed by atoms with Crippen molar-refractivity contribution in [3.8, 4) is 22.8 Å². The zero-order valence-electron chi connectivity index (χ0n) is 24.8. The molecule has 0 aliphatic carbocycles. The Kier molecular flexibility index (Phi) is 8.15. The van der Waals surface area contributed by atoms with E-state index >= 15 is 0 Å². The average Bonchev–Trinajstić information content (AvgIpc) is 3.47. The number of amides is 2. The van der Waals surface area contributed by atoms with Gasteiger partial charge in [0.2, 0.25) is 0 Å². The number of carbonyl (C=O) groups excluding carboxylic acids is 2. The molecule has 0 radical (unpaired) electrons. The van der Waals surface area contributed by atoms with Crippen LogP contribution in [0.1, 0.15) is 50.2 Å². The second-order valence-corrected chi connectivity index (χ2v) is 10.3. The second-order valence-electron chi connectivity index (χ2n) is 10.3. The largest absolute Gasteiger partial charge is 0.493 e. The number of H-pyrrole nitrogens is 1. The molecule has 4 N–H and O–H groups in total. The molecule has 0 saturated heterocycles. The van der Waals surface area contributed by atoms with Crippen molar-refractivity contribution in [1.29, 1.82) is 0 Å². The molecule has 43 heavy (non-hydrogen) atoms. The summed E-state index contributed by atoms with van der Waals surface area (Å²) >= 11 is 0. The molecule has 0 saturated carbocycles. The van der Waals surface area contributed by atoms with Crippen molar-refractivity contribution in [2.24, 2.45) is 10.7 Å². The van der Waals surface area contributed by atoms with E-state index < -0.39 is 11.8 Å². The minimum Gasteiger partial charge on any atom is -0.493 e. The summed E-state index contributed by atoms with van der Waals surface area (Å²) in [6.45, 7) is 9.03. The molecule has 224 valence electrons. The molecule has 0 fully saturated rings. The topological polar surface area (TPSA) is 172 Å². The van der Waals surface area contributed by atoms with Gasteiger partial charge in [0.1, 0.15) is 5.49 Å². The third-order valence-electron chi connectivity index (χ3n) is 7.34. The van der Waals surface area contributed by atoms with E-state index in [1.54, 1.807) is 11.7 Å². The molecular weight excluding hydrogens is 552 g/mol. The van der Waals surface area contributed by atoms with Gasteiger partial charge in [-0.2, -0.15) is 5.21 Å². The normalized spacial score (nSPS) is 12.4. The van der Waals surface area contributed by atoms with Gasteiger partial charge in [-0.1, -0.05) is 17.7 Å². The summed E-state index contributed by atoms with van der Waals surface area (Å²) in [4.78, 5) is 43.3. The van der Waals surface area contributed by atoms with Gasteiger partial charge >= 0.3 is 5.69 Å². The summed E-state index contributed by atoms with van der Waals surface area (Å²) in [6.07, 6.45) is 0.623. The van der Waals surface area contributed by atoms with Crippen LogP contribution in [0.2, 0.25) is 0 Å². The first-order chi connectivity index (χ1) is 20.6. The summed E-state index contributed by atoms with van der Waals surface area (Å²) < 4.78 is 14.6. The maximum atomic E-state index is 14.0. The van der Waals surface area contributed by atoms with Gasteiger partial charge in [0.15, 0.2) is 22.9 Å². The Balaban J connectivity index is 1.61. The lowest BCUT2D eigenvalue weighted by Crippen LogP contribution is -2.44. The monoisotopic (exact) mass is 586 g/mol. The number of aromatic amines is 1. The number of hydrogen-bond donors (Lipinski definition) is 3. The van der Waals surface area contributed by atoms with E-state index in [9.17, 15) is 14.4 Å². The Morgan fingerprint density at radius 1 is 1.07 bits per heavy atom. The highest BCUT2D eigenvalue weighted by Gasteiger charge is 2.23. The molecule has 2 aromatic heterocycles. The Morgan fingerprint density at radius 3 is 2.47 bits per heavy atom. The van der Waals surface area contributed by atoms with Gasteiger partial charge in [-0.05, 0) is 62.9 Å². The number of nitrogens with one attached hydrogen (secondary N) is 2. The predicted octanol–water partition coefficient (Wildman–Crippen LogP) is 2.08. The Bertz CT molecular complexity index is 1840. The quantitative estimate of drug-likeness (QED) is 0.269. The lowest BCUT2D eigenvalue weighted by atomic mass is 9.97. The van der Waals surface area contributed by atoms with E-state index in [1.807, 2.05) is 58.0 Å². The molecule has 1 aliphatic rings. The van der Waals surface area contributed by atoms with Gasteiger partial charge in [0.05, 0.1) is 25.1 Å². The van der Waals surface area contributed by atoms with Crippen LogP contribution in [0.25, 0.3) is 11.3 Å². The fraction of sp³-hybridized carbons (Fsp3) is 0.333. The number of nitrogens with zero attached hydrogens (tertiary/aromatic N) is 5. The number of ether oxygens (including phenoxy) is 2. The van der Waals surface area contributed by atoms with Crippen LogP contribution in [0.5, 0.6) is 11.5 Å². The first-order valence-corrected chi connectivity index (χ1v) is 13.9. The zero-order valence-corrected chi connectivity index (χ0v) is 24.8. The van der Waals surface area contributed by atoms with E-state index in [2.05, 4.69) is 20.7 Å². The number of carbonyl (C=O) groups is 2. The number of benzene rings is 2. The van der Waals surface area contributed by atoms with Crippen LogP contribution in [0.3, 0.4) is 0 Å². The highest BCUT2D eigenvalue weighted by atomic mass is 16.5. The Morgan fingerprint density at radius 2 is 1.79 bits per heavy atom. The van der Waals surface area contributed by atoms with Crippen molar-refractivity contribution in [1.82, 2.24) is 29.9 Å². The lowest BCUT2D eigenvalue weighted by molar-refractivity contribution is 0.0929. The highest BCUT2D eigenvalue weighted by Crippen LogP contribution is 2.37. The number of aromatic nitrogens is 5. The van der Waals surface area contributed by atoms with E-state index in [-0.39, 0.29) is 30.2 Å². The van der Waals surface area contributed by atoms with Crippen molar-refractivity contribution >= 4 is 17.5 Å². The molecule has 0 bridgehead atoms. The molecule has 2 aromatic carbocycles. The van der Waals surface area contributed by atoms with Crippen LogP contribution in [0.4, 0.5) is 5.69 Å². The van der Waals surface area contributed by atoms with E-state index in [0.717, 1.165) is 33.5 Å². The summed E-state index contributed by atoms with van der Waals surface area (Å²) in [5.41, 5.74) is 11.4. The third kappa shape index (κ3) is 5.65. The zero-order chi connectivity index (χ0) is 30.8. The van der Waals surface area contributed by atoms with Gasteiger partial charge in [0, 0.05) is 31.3 Å². The van der Waals surface area contributed by atoms with Gasteiger partial charge in [0.25, 0.3) is 11.8 Å². The average molecular weight is 587 g/mol. The number of nitrogens with two attached hydrogens (primary N) is 1. The minimum absolute atomic E-state index is 0.0552. The smallest absolute Gasteiger partial charge is 0.330 e. The molecule has 4 aromatic rings. The molecule has 0 unspecified atom stereocenters. The molecule has 2 amide bonds. The maximum absolute atomic E-state index is 14.0. The fourth-order valence-corrected chi connectivity index (χ4v) is 5.46. The Labute approximate surface area is 247 Å². The standard InChI is InChI=1S/C30H34N8O5/c1-6-43-23-13-19-7-9-37-21(20(19)14-22(23)42-5)15-24(33-25-17(3)11-16(2)12-18(25)4)38(30(37)41)10-8-32-29(40)27-26(28(31)39)34-36-35-27/h11-15H,6-10H2,1-5H3,(H2,31,39)(H,32,40)(H,34,35,36). The molecule has 13 heteroatoms.